The fourth-order valence-corrected chi connectivity index (χ4v) is 1.54. The summed E-state index contributed by atoms with van der Waals surface area (Å²) < 4.78 is 0. The molecule has 0 saturated carbocycles. The van der Waals surface area contributed by atoms with Gasteiger partial charge in [-0.1, -0.05) is 30.7 Å². The Labute approximate surface area is 102 Å². The highest BCUT2D eigenvalue weighted by Gasteiger charge is 2.27. The predicted octanol–water partition coefficient (Wildman–Crippen LogP) is 3.60. The first-order chi connectivity index (χ1) is 7.40. The van der Waals surface area contributed by atoms with E-state index >= 15 is 0 Å². The summed E-state index contributed by atoms with van der Waals surface area (Å²) in [6.45, 7) is 6.15. The van der Waals surface area contributed by atoms with Crippen molar-refractivity contribution in [1.29, 1.82) is 0 Å². The zero-order valence-corrected chi connectivity index (χ0v) is 11.0. The molecule has 0 aliphatic carbocycles. The number of halogens is 1. The molecule has 0 atom stereocenters. The summed E-state index contributed by atoms with van der Waals surface area (Å²) in [6.07, 6.45) is 0.902. The number of hydrogen-bond acceptors (Lipinski definition) is 1. The molecule has 0 aromatic heterocycles. The number of hydrogen-bond donors (Lipinski definition) is 0. The van der Waals surface area contributed by atoms with Crippen LogP contribution >= 0.6 is 11.6 Å². The molecular formula is C13H18ClNO. The van der Waals surface area contributed by atoms with Gasteiger partial charge < -0.3 is 4.90 Å². The van der Waals surface area contributed by atoms with Gasteiger partial charge in [0.25, 0.3) is 5.91 Å². The van der Waals surface area contributed by atoms with Crippen LogP contribution in [0.15, 0.2) is 24.3 Å². The Morgan fingerprint density at radius 2 is 1.94 bits per heavy atom. The lowest BCUT2D eigenvalue weighted by molar-refractivity contribution is 0.0620. The predicted molar refractivity (Wildman–Crippen MR) is 67.9 cm³/mol. The van der Waals surface area contributed by atoms with E-state index in [4.69, 9.17) is 11.6 Å². The topological polar surface area (TPSA) is 20.3 Å². The fourth-order valence-electron chi connectivity index (χ4n) is 1.33. The molecule has 2 nitrogen and oxygen atoms in total. The van der Waals surface area contributed by atoms with Gasteiger partial charge in [0, 0.05) is 12.6 Å². The maximum absolute atomic E-state index is 12.2. The molecule has 0 bridgehead atoms. The summed E-state index contributed by atoms with van der Waals surface area (Å²) in [4.78, 5) is 14.0. The first-order valence-corrected chi connectivity index (χ1v) is 5.80. The Morgan fingerprint density at radius 1 is 1.38 bits per heavy atom. The van der Waals surface area contributed by atoms with Crippen molar-refractivity contribution in [3.63, 3.8) is 0 Å². The Kier molecular flexibility index (Phi) is 3.98. The van der Waals surface area contributed by atoms with E-state index in [1.54, 1.807) is 17.0 Å². The van der Waals surface area contributed by atoms with Crippen LogP contribution in [0.1, 0.15) is 37.6 Å². The van der Waals surface area contributed by atoms with Crippen LogP contribution in [0, 0.1) is 0 Å². The average Bonchev–Trinajstić information content (AvgIpc) is 2.27. The van der Waals surface area contributed by atoms with E-state index < -0.39 is 0 Å². The minimum Gasteiger partial charge on any atom is -0.337 e. The van der Waals surface area contributed by atoms with Gasteiger partial charge in [0.15, 0.2) is 0 Å². The van der Waals surface area contributed by atoms with Crippen LogP contribution in [0.25, 0.3) is 0 Å². The van der Waals surface area contributed by atoms with E-state index in [-0.39, 0.29) is 11.4 Å². The maximum atomic E-state index is 12.2. The molecule has 0 radical (unpaired) electrons. The smallest absolute Gasteiger partial charge is 0.255 e. The van der Waals surface area contributed by atoms with Crippen LogP contribution < -0.4 is 0 Å². The van der Waals surface area contributed by atoms with Gasteiger partial charge in [0.1, 0.15) is 0 Å². The van der Waals surface area contributed by atoms with Gasteiger partial charge in [-0.05, 0) is 32.4 Å². The number of nitrogens with zero attached hydrogens (tertiary/aromatic N) is 1. The largest absolute Gasteiger partial charge is 0.337 e. The monoisotopic (exact) mass is 239 g/mol. The molecule has 3 heteroatoms. The lowest BCUT2D eigenvalue weighted by Gasteiger charge is -2.35. The first kappa shape index (κ1) is 13.0. The molecule has 0 spiro atoms. The SMILES string of the molecule is CCC(C)(C)N(C)C(=O)c1ccccc1Cl. The Bertz CT molecular complexity index is 387. The van der Waals surface area contributed by atoms with Gasteiger partial charge in [-0.15, -0.1) is 0 Å². The van der Waals surface area contributed by atoms with E-state index in [9.17, 15) is 4.79 Å². The molecule has 0 N–H and O–H groups in total. The molecular weight excluding hydrogens is 222 g/mol. The van der Waals surface area contributed by atoms with E-state index in [2.05, 4.69) is 6.92 Å². The summed E-state index contributed by atoms with van der Waals surface area (Å²) >= 11 is 6.01. The van der Waals surface area contributed by atoms with Gasteiger partial charge in [0.2, 0.25) is 0 Å². The summed E-state index contributed by atoms with van der Waals surface area (Å²) in [5, 5.41) is 0.506. The van der Waals surface area contributed by atoms with Gasteiger partial charge in [0.05, 0.1) is 10.6 Å². The van der Waals surface area contributed by atoms with Crippen molar-refractivity contribution in [2.24, 2.45) is 0 Å². The van der Waals surface area contributed by atoms with Crippen molar-refractivity contribution >= 4 is 17.5 Å². The Hall–Kier alpha value is -1.02. The van der Waals surface area contributed by atoms with Gasteiger partial charge >= 0.3 is 0 Å². The lowest BCUT2D eigenvalue weighted by atomic mass is 9.99. The molecule has 1 rings (SSSR count). The summed E-state index contributed by atoms with van der Waals surface area (Å²) in [6, 6.07) is 7.14. The Balaban J connectivity index is 3.00. The zero-order valence-electron chi connectivity index (χ0n) is 10.2. The number of carbonyl (C=O) groups excluding carboxylic acids is 1. The maximum Gasteiger partial charge on any atom is 0.255 e. The number of carbonyl (C=O) groups is 1. The molecule has 88 valence electrons. The molecule has 0 saturated heterocycles. The molecule has 1 aromatic rings. The molecule has 0 fully saturated rings. The number of amides is 1. The highest BCUT2D eigenvalue weighted by molar-refractivity contribution is 6.33. The van der Waals surface area contributed by atoms with Crippen LogP contribution in [0.2, 0.25) is 5.02 Å². The van der Waals surface area contributed by atoms with Crippen molar-refractivity contribution in [3.8, 4) is 0 Å². The van der Waals surface area contributed by atoms with E-state index in [1.807, 2.05) is 33.0 Å². The second-order valence-electron chi connectivity index (χ2n) is 4.51. The lowest BCUT2D eigenvalue weighted by Crippen LogP contribution is -2.44. The van der Waals surface area contributed by atoms with Gasteiger partial charge in [-0.25, -0.2) is 0 Å². The third kappa shape index (κ3) is 2.56. The Morgan fingerprint density at radius 3 is 2.44 bits per heavy atom. The van der Waals surface area contributed by atoms with Crippen LogP contribution in [0.4, 0.5) is 0 Å². The minimum atomic E-state index is -0.156. The van der Waals surface area contributed by atoms with Crippen molar-refractivity contribution in [2.45, 2.75) is 32.7 Å². The number of benzene rings is 1. The third-order valence-electron chi connectivity index (χ3n) is 3.18. The van der Waals surface area contributed by atoms with Gasteiger partial charge in [-0.2, -0.15) is 0 Å². The summed E-state index contributed by atoms with van der Waals surface area (Å²) in [5.74, 6) is -0.0301. The van der Waals surface area contributed by atoms with Crippen LogP contribution in [-0.2, 0) is 0 Å². The van der Waals surface area contributed by atoms with Crippen molar-refractivity contribution in [3.05, 3.63) is 34.9 Å². The molecule has 0 heterocycles. The van der Waals surface area contributed by atoms with Crippen molar-refractivity contribution < 1.29 is 4.79 Å². The number of rotatable bonds is 3. The second kappa shape index (κ2) is 4.88. The van der Waals surface area contributed by atoms with E-state index in [0.29, 0.717) is 10.6 Å². The third-order valence-corrected chi connectivity index (χ3v) is 3.51. The zero-order chi connectivity index (χ0) is 12.3. The first-order valence-electron chi connectivity index (χ1n) is 5.43. The summed E-state index contributed by atoms with van der Waals surface area (Å²) in [7, 11) is 1.81. The van der Waals surface area contributed by atoms with E-state index in [1.165, 1.54) is 0 Å². The quantitative estimate of drug-likeness (QED) is 0.789. The molecule has 0 aliphatic heterocycles. The molecule has 1 amide bonds. The van der Waals surface area contributed by atoms with Crippen LogP contribution in [0.5, 0.6) is 0 Å². The van der Waals surface area contributed by atoms with Crippen molar-refractivity contribution in [2.75, 3.05) is 7.05 Å². The minimum absolute atomic E-state index is 0.0301. The highest BCUT2D eigenvalue weighted by Crippen LogP contribution is 2.22. The molecule has 0 aliphatic rings. The average molecular weight is 240 g/mol. The highest BCUT2D eigenvalue weighted by atomic mass is 35.5. The fraction of sp³-hybridized carbons (Fsp3) is 0.462. The second-order valence-corrected chi connectivity index (χ2v) is 4.92. The van der Waals surface area contributed by atoms with Crippen molar-refractivity contribution in [1.82, 2.24) is 4.90 Å². The molecule has 0 unspecified atom stereocenters. The van der Waals surface area contributed by atoms with Crippen LogP contribution in [0.3, 0.4) is 0 Å². The molecule has 16 heavy (non-hydrogen) atoms. The summed E-state index contributed by atoms with van der Waals surface area (Å²) in [5.41, 5.74) is 0.407. The molecule has 1 aromatic carbocycles. The van der Waals surface area contributed by atoms with Crippen LogP contribution in [-0.4, -0.2) is 23.4 Å². The standard InChI is InChI=1S/C13H18ClNO/c1-5-13(2,3)15(4)12(16)10-8-6-7-9-11(10)14/h6-9H,5H2,1-4H3. The van der Waals surface area contributed by atoms with E-state index in [0.717, 1.165) is 6.42 Å². The normalized spacial score (nSPS) is 11.3. The van der Waals surface area contributed by atoms with Gasteiger partial charge in [-0.3, -0.25) is 4.79 Å².